The van der Waals surface area contributed by atoms with Gasteiger partial charge in [0, 0.05) is 6.42 Å². The Morgan fingerprint density at radius 1 is 1.58 bits per heavy atom. The summed E-state index contributed by atoms with van der Waals surface area (Å²) in [6, 6.07) is 0. The fourth-order valence-electron chi connectivity index (χ4n) is 0.485. The highest BCUT2D eigenvalue weighted by molar-refractivity contribution is 4.96. The van der Waals surface area contributed by atoms with Crippen molar-refractivity contribution in [2.24, 2.45) is 0 Å². The summed E-state index contributed by atoms with van der Waals surface area (Å²) in [5.74, 6) is -5.34. The van der Waals surface area contributed by atoms with Crippen molar-refractivity contribution in [3.05, 3.63) is 12.4 Å². The molecule has 0 fully saturated rings. The summed E-state index contributed by atoms with van der Waals surface area (Å²) in [6.45, 7) is 2.98. The predicted molar refractivity (Wildman–Crippen MR) is 36.3 cm³/mol. The van der Waals surface area contributed by atoms with Gasteiger partial charge in [0.25, 0.3) is 5.92 Å². The van der Waals surface area contributed by atoms with Crippen molar-refractivity contribution in [1.82, 2.24) is 0 Å². The Morgan fingerprint density at radius 2 is 2.08 bits per heavy atom. The molecule has 0 heterocycles. The van der Waals surface area contributed by atoms with E-state index >= 15 is 0 Å². The average Bonchev–Trinajstić information content (AvgIpc) is 1.85. The minimum absolute atomic E-state index is 0.534. The van der Waals surface area contributed by atoms with Gasteiger partial charge in [-0.25, -0.2) is 8.78 Å². The molecule has 0 amide bonds. The van der Waals surface area contributed by atoms with Gasteiger partial charge in [-0.2, -0.15) is 8.78 Å². The largest absolute Gasteiger partial charge is 0.348 e. The summed E-state index contributed by atoms with van der Waals surface area (Å²) >= 11 is 0. The average molecular weight is 186 g/mol. The molecule has 0 N–H and O–H groups in total. The van der Waals surface area contributed by atoms with Gasteiger partial charge in [-0.3, -0.25) is 0 Å². The van der Waals surface area contributed by atoms with Crippen molar-refractivity contribution in [3.63, 3.8) is 0 Å². The molecular formula is C7H10F4O. The van der Waals surface area contributed by atoms with Gasteiger partial charge in [-0.1, -0.05) is 6.58 Å². The zero-order valence-electron chi connectivity index (χ0n) is 6.62. The Kier molecular flexibility index (Phi) is 4.23. The summed E-state index contributed by atoms with van der Waals surface area (Å²) in [7, 11) is 0. The first-order chi connectivity index (χ1) is 5.36. The minimum atomic E-state index is -3.62. The van der Waals surface area contributed by atoms with Crippen molar-refractivity contribution in [1.29, 1.82) is 0 Å². The van der Waals surface area contributed by atoms with Crippen LogP contribution in [0.5, 0.6) is 0 Å². The lowest BCUT2D eigenvalue weighted by Crippen LogP contribution is -2.20. The van der Waals surface area contributed by atoms with Crippen molar-refractivity contribution < 1.29 is 22.3 Å². The summed E-state index contributed by atoms with van der Waals surface area (Å²) < 4.78 is 52.6. The molecular weight excluding hydrogens is 176 g/mol. The van der Waals surface area contributed by atoms with Crippen LogP contribution in [0.25, 0.3) is 0 Å². The predicted octanol–water partition coefficient (Wildman–Crippen LogP) is 2.83. The molecule has 72 valence electrons. The van der Waals surface area contributed by atoms with Gasteiger partial charge in [0.05, 0.1) is 6.61 Å². The van der Waals surface area contributed by atoms with Gasteiger partial charge in [-0.05, 0) is 6.92 Å². The lowest BCUT2D eigenvalue weighted by atomic mass is 10.2. The van der Waals surface area contributed by atoms with Crippen LogP contribution in [0, 0.1) is 0 Å². The summed E-state index contributed by atoms with van der Waals surface area (Å²) in [5, 5.41) is 0. The van der Waals surface area contributed by atoms with Crippen LogP contribution in [0.1, 0.15) is 13.3 Å². The standard InChI is InChI=1S/C7H10F4O/c1-5(8)7(10,11)3-4-12-6(2)9/h6H,1,3-4H2,2H3. The summed E-state index contributed by atoms with van der Waals surface area (Å²) in [6.07, 6.45) is -2.51. The molecule has 0 spiro atoms. The fraction of sp³-hybridized carbons (Fsp3) is 0.714. The van der Waals surface area contributed by atoms with Crippen LogP contribution in [0.4, 0.5) is 17.6 Å². The molecule has 0 aliphatic carbocycles. The van der Waals surface area contributed by atoms with E-state index in [2.05, 4.69) is 11.3 Å². The van der Waals surface area contributed by atoms with E-state index in [0.29, 0.717) is 0 Å². The van der Waals surface area contributed by atoms with E-state index in [9.17, 15) is 17.6 Å². The van der Waals surface area contributed by atoms with Gasteiger partial charge in [0.2, 0.25) is 0 Å². The third-order valence-electron chi connectivity index (χ3n) is 1.16. The zero-order valence-corrected chi connectivity index (χ0v) is 6.62. The topological polar surface area (TPSA) is 9.23 Å². The monoisotopic (exact) mass is 186 g/mol. The van der Waals surface area contributed by atoms with Crippen LogP contribution < -0.4 is 0 Å². The van der Waals surface area contributed by atoms with Gasteiger partial charge in [0.1, 0.15) is 0 Å². The lowest BCUT2D eigenvalue weighted by molar-refractivity contribution is -0.0656. The second kappa shape index (κ2) is 4.45. The van der Waals surface area contributed by atoms with E-state index in [-0.39, 0.29) is 0 Å². The maximum atomic E-state index is 12.3. The molecule has 0 aromatic heterocycles. The Morgan fingerprint density at radius 3 is 2.42 bits per heavy atom. The number of halogens is 4. The summed E-state index contributed by atoms with van der Waals surface area (Å²) in [5.41, 5.74) is 0. The van der Waals surface area contributed by atoms with Crippen molar-refractivity contribution in [2.45, 2.75) is 25.6 Å². The van der Waals surface area contributed by atoms with Gasteiger partial charge in [-0.15, -0.1) is 0 Å². The van der Waals surface area contributed by atoms with E-state index in [1.54, 1.807) is 0 Å². The maximum absolute atomic E-state index is 12.3. The van der Waals surface area contributed by atoms with E-state index < -0.39 is 31.1 Å². The minimum Gasteiger partial charge on any atom is -0.348 e. The number of allylic oxidation sites excluding steroid dienone is 1. The summed E-state index contributed by atoms with van der Waals surface area (Å²) in [4.78, 5) is 0. The van der Waals surface area contributed by atoms with Crippen LogP contribution >= 0.6 is 0 Å². The van der Waals surface area contributed by atoms with Crippen molar-refractivity contribution >= 4 is 0 Å². The number of hydrogen-bond acceptors (Lipinski definition) is 1. The number of alkyl halides is 3. The van der Waals surface area contributed by atoms with Crippen LogP contribution in [0.2, 0.25) is 0 Å². The Labute approximate surface area is 68.0 Å². The first kappa shape index (κ1) is 11.4. The molecule has 0 rings (SSSR count). The quantitative estimate of drug-likeness (QED) is 0.600. The molecule has 5 heteroatoms. The van der Waals surface area contributed by atoms with E-state index in [1.165, 1.54) is 0 Å². The van der Waals surface area contributed by atoms with E-state index in [0.717, 1.165) is 6.92 Å². The number of rotatable bonds is 5. The molecule has 0 saturated carbocycles. The van der Waals surface area contributed by atoms with E-state index in [1.807, 2.05) is 0 Å². The third kappa shape index (κ3) is 4.33. The number of hydrogen-bond donors (Lipinski definition) is 0. The smallest absolute Gasteiger partial charge is 0.300 e. The molecule has 0 aliphatic heterocycles. The molecule has 0 aromatic carbocycles. The molecule has 0 radical (unpaired) electrons. The molecule has 1 nitrogen and oxygen atoms in total. The molecule has 0 saturated heterocycles. The van der Waals surface area contributed by atoms with Crippen molar-refractivity contribution in [3.8, 4) is 0 Å². The van der Waals surface area contributed by atoms with Crippen LogP contribution in [-0.4, -0.2) is 18.9 Å². The SMILES string of the molecule is C=C(F)C(F)(F)CCOC(C)F. The second-order valence-corrected chi connectivity index (χ2v) is 2.27. The highest BCUT2D eigenvalue weighted by Gasteiger charge is 2.33. The molecule has 1 unspecified atom stereocenters. The highest BCUT2D eigenvalue weighted by atomic mass is 19.3. The van der Waals surface area contributed by atoms with Gasteiger partial charge < -0.3 is 4.74 Å². The van der Waals surface area contributed by atoms with Crippen LogP contribution in [-0.2, 0) is 4.74 Å². The Hall–Kier alpha value is -0.580. The highest BCUT2D eigenvalue weighted by Crippen LogP contribution is 2.27. The van der Waals surface area contributed by atoms with Gasteiger partial charge in [0.15, 0.2) is 12.2 Å². The first-order valence-corrected chi connectivity index (χ1v) is 3.34. The number of ether oxygens (including phenoxy) is 1. The maximum Gasteiger partial charge on any atom is 0.300 e. The van der Waals surface area contributed by atoms with Crippen LogP contribution in [0.3, 0.4) is 0 Å². The van der Waals surface area contributed by atoms with Crippen LogP contribution in [0.15, 0.2) is 12.4 Å². The third-order valence-corrected chi connectivity index (χ3v) is 1.16. The zero-order chi connectivity index (χ0) is 9.78. The van der Waals surface area contributed by atoms with Crippen molar-refractivity contribution in [2.75, 3.05) is 6.61 Å². The second-order valence-electron chi connectivity index (χ2n) is 2.27. The first-order valence-electron chi connectivity index (χ1n) is 3.34. The molecule has 12 heavy (non-hydrogen) atoms. The molecule has 0 aromatic rings. The lowest BCUT2D eigenvalue weighted by Gasteiger charge is -2.13. The normalized spacial score (nSPS) is 14.4. The molecule has 1 atom stereocenters. The fourth-order valence-corrected chi connectivity index (χ4v) is 0.485. The molecule has 0 aliphatic rings. The Bertz CT molecular complexity index is 155. The Balaban J connectivity index is 3.69. The van der Waals surface area contributed by atoms with Gasteiger partial charge >= 0.3 is 0 Å². The van der Waals surface area contributed by atoms with E-state index in [4.69, 9.17) is 0 Å². The molecule has 0 bridgehead atoms.